The van der Waals surface area contributed by atoms with Crippen LogP contribution in [0.5, 0.6) is 5.75 Å². The van der Waals surface area contributed by atoms with Gasteiger partial charge >= 0.3 is 6.29 Å². The lowest BCUT2D eigenvalue weighted by atomic mass is 10.2. The van der Waals surface area contributed by atoms with Crippen LogP contribution in [0.3, 0.4) is 0 Å². The van der Waals surface area contributed by atoms with Gasteiger partial charge in [-0.1, -0.05) is 48.0 Å². The van der Waals surface area contributed by atoms with Crippen molar-refractivity contribution in [2.24, 2.45) is 0 Å². The van der Waals surface area contributed by atoms with E-state index in [9.17, 15) is 10.1 Å². The normalized spacial score (nSPS) is 10.2. The lowest BCUT2D eigenvalue weighted by Crippen LogP contribution is -2.16. The van der Waals surface area contributed by atoms with Gasteiger partial charge in [-0.2, -0.15) is 0 Å². The molecule has 2 aromatic carbocycles. The largest absolute Gasteiger partial charge is 0.452 e. The van der Waals surface area contributed by atoms with E-state index in [0.29, 0.717) is 11.3 Å². The van der Waals surface area contributed by atoms with E-state index in [4.69, 9.17) is 4.74 Å². The van der Waals surface area contributed by atoms with Crippen LogP contribution in [0.1, 0.15) is 11.1 Å². The maximum atomic E-state index is 10.5. The van der Waals surface area contributed by atoms with Crippen LogP contribution in [0.25, 0.3) is 0 Å². The predicted molar refractivity (Wildman–Crippen MR) is 68.7 cm³/mol. The van der Waals surface area contributed by atoms with E-state index in [1.54, 1.807) is 42.5 Å². The Morgan fingerprint density at radius 3 is 2.26 bits per heavy atom. The molecule has 0 aliphatic carbocycles. The van der Waals surface area contributed by atoms with Gasteiger partial charge in [-0.3, -0.25) is 4.84 Å². The van der Waals surface area contributed by atoms with E-state index in [-0.39, 0.29) is 6.29 Å². The number of rotatable bonds is 5. The van der Waals surface area contributed by atoms with Crippen LogP contribution in [-0.2, 0) is 4.84 Å². The average Bonchev–Trinajstić information content (AvgIpc) is 2.41. The summed E-state index contributed by atoms with van der Waals surface area (Å²) in [6.45, 7) is 1.94. The van der Waals surface area contributed by atoms with Gasteiger partial charge in [-0.15, -0.1) is 10.1 Å². The zero-order valence-corrected chi connectivity index (χ0v) is 10.3. The summed E-state index contributed by atoms with van der Waals surface area (Å²) in [6.07, 6.45) is -0.158. The zero-order chi connectivity index (χ0) is 13.7. The first kappa shape index (κ1) is 12.9. The van der Waals surface area contributed by atoms with Gasteiger partial charge < -0.3 is 4.74 Å². The van der Waals surface area contributed by atoms with Gasteiger partial charge in [0.15, 0.2) is 0 Å². The third kappa shape index (κ3) is 3.70. The van der Waals surface area contributed by atoms with Crippen LogP contribution in [-0.4, -0.2) is 5.09 Å². The number of hydrogen-bond donors (Lipinski definition) is 0. The fourth-order valence-electron chi connectivity index (χ4n) is 1.49. The van der Waals surface area contributed by atoms with Crippen molar-refractivity contribution in [3.63, 3.8) is 0 Å². The minimum absolute atomic E-state index is 0.158. The number of benzene rings is 2. The van der Waals surface area contributed by atoms with Gasteiger partial charge in [0.2, 0.25) is 0 Å². The standard InChI is InChI=1S/C14H12NO4/c1-11-7-9-13(10-8-11)18-14(19-15(16)17)12-5-3-2-4-6-12/h2-10H,1H3. The molecule has 2 rings (SSSR count). The molecule has 0 aromatic heterocycles. The first-order valence-corrected chi connectivity index (χ1v) is 5.64. The van der Waals surface area contributed by atoms with Crippen LogP contribution in [0.15, 0.2) is 54.6 Å². The summed E-state index contributed by atoms with van der Waals surface area (Å²) in [4.78, 5) is 15.0. The minimum atomic E-state index is -0.892. The highest BCUT2D eigenvalue weighted by atomic mass is 17.0. The Balaban J connectivity index is 2.19. The highest BCUT2D eigenvalue weighted by Gasteiger charge is 2.20. The van der Waals surface area contributed by atoms with Crippen LogP contribution in [0.4, 0.5) is 0 Å². The SMILES string of the molecule is Cc1ccc(O[C](O[N+](=O)[O-])c2ccccc2)cc1. The van der Waals surface area contributed by atoms with E-state index in [1.807, 2.05) is 19.1 Å². The molecule has 19 heavy (non-hydrogen) atoms. The van der Waals surface area contributed by atoms with E-state index >= 15 is 0 Å². The molecule has 97 valence electrons. The maximum Gasteiger partial charge on any atom is 0.350 e. The van der Waals surface area contributed by atoms with Crippen molar-refractivity contribution in [3.8, 4) is 5.75 Å². The monoisotopic (exact) mass is 258 g/mol. The van der Waals surface area contributed by atoms with E-state index in [0.717, 1.165) is 5.56 Å². The molecule has 2 aromatic rings. The molecule has 5 nitrogen and oxygen atoms in total. The molecule has 0 saturated heterocycles. The smallest absolute Gasteiger partial charge is 0.350 e. The molecule has 0 amide bonds. The van der Waals surface area contributed by atoms with Crippen molar-refractivity contribution in [1.29, 1.82) is 0 Å². The van der Waals surface area contributed by atoms with Gasteiger partial charge in [0.25, 0.3) is 5.09 Å². The second kappa shape index (κ2) is 5.86. The number of ether oxygens (including phenoxy) is 1. The summed E-state index contributed by atoms with van der Waals surface area (Å²) in [7, 11) is 0. The Morgan fingerprint density at radius 2 is 1.68 bits per heavy atom. The molecule has 1 radical (unpaired) electrons. The molecule has 0 aliphatic heterocycles. The summed E-state index contributed by atoms with van der Waals surface area (Å²) < 4.78 is 5.42. The third-order valence-electron chi connectivity index (χ3n) is 2.40. The lowest BCUT2D eigenvalue weighted by Gasteiger charge is -2.15. The fraction of sp³-hybridized carbons (Fsp3) is 0.0714. The summed E-state index contributed by atoms with van der Waals surface area (Å²) in [5.41, 5.74) is 1.57. The molecule has 0 heterocycles. The molecule has 0 aliphatic rings. The molecule has 0 fully saturated rings. The number of hydrogen-bond acceptors (Lipinski definition) is 4. The topological polar surface area (TPSA) is 61.6 Å². The molecule has 0 spiro atoms. The molecule has 0 unspecified atom stereocenters. The Kier molecular flexibility index (Phi) is 3.97. The minimum Gasteiger partial charge on any atom is -0.452 e. The molecule has 5 heteroatoms. The third-order valence-corrected chi connectivity index (χ3v) is 2.40. The molecule has 0 N–H and O–H groups in total. The van der Waals surface area contributed by atoms with E-state index in [2.05, 4.69) is 4.84 Å². The van der Waals surface area contributed by atoms with Gasteiger partial charge in [0.05, 0.1) is 0 Å². The lowest BCUT2D eigenvalue weighted by molar-refractivity contribution is -0.758. The van der Waals surface area contributed by atoms with Crippen LogP contribution in [0.2, 0.25) is 0 Å². The quantitative estimate of drug-likeness (QED) is 0.610. The molecule has 0 atom stereocenters. The van der Waals surface area contributed by atoms with Crippen LogP contribution >= 0.6 is 0 Å². The zero-order valence-electron chi connectivity index (χ0n) is 10.3. The second-order valence-electron chi connectivity index (χ2n) is 3.88. The van der Waals surface area contributed by atoms with Crippen molar-refractivity contribution >= 4 is 0 Å². The van der Waals surface area contributed by atoms with Crippen molar-refractivity contribution in [3.05, 3.63) is 82.1 Å². The average molecular weight is 258 g/mol. The Morgan fingerprint density at radius 1 is 1.05 bits per heavy atom. The Hall–Kier alpha value is -2.56. The van der Waals surface area contributed by atoms with Crippen LogP contribution < -0.4 is 4.74 Å². The van der Waals surface area contributed by atoms with Crippen LogP contribution in [0, 0.1) is 23.3 Å². The first-order chi connectivity index (χ1) is 9.15. The summed E-state index contributed by atoms with van der Waals surface area (Å²) in [5, 5.41) is 9.62. The summed E-state index contributed by atoms with van der Waals surface area (Å²) in [6, 6.07) is 15.8. The van der Waals surface area contributed by atoms with Crippen molar-refractivity contribution in [2.75, 3.05) is 0 Å². The number of aryl methyl sites for hydroxylation is 1. The van der Waals surface area contributed by atoms with Gasteiger partial charge in [-0.25, -0.2) is 0 Å². The Labute approximate surface area is 110 Å². The second-order valence-corrected chi connectivity index (χ2v) is 3.88. The molecule has 0 bridgehead atoms. The van der Waals surface area contributed by atoms with Crippen molar-refractivity contribution in [2.45, 2.75) is 6.92 Å². The maximum absolute atomic E-state index is 10.5. The summed E-state index contributed by atoms with van der Waals surface area (Å²) >= 11 is 0. The summed E-state index contributed by atoms with van der Waals surface area (Å²) in [5.74, 6) is 0.478. The molecular weight excluding hydrogens is 246 g/mol. The van der Waals surface area contributed by atoms with Crippen molar-refractivity contribution in [1.82, 2.24) is 0 Å². The highest BCUT2D eigenvalue weighted by Crippen LogP contribution is 2.22. The fourth-order valence-corrected chi connectivity index (χ4v) is 1.49. The molecule has 0 saturated carbocycles. The van der Waals surface area contributed by atoms with E-state index < -0.39 is 5.09 Å². The van der Waals surface area contributed by atoms with Gasteiger partial charge in [-0.05, 0) is 19.1 Å². The van der Waals surface area contributed by atoms with Crippen molar-refractivity contribution < 1.29 is 14.7 Å². The van der Waals surface area contributed by atoms with Gasteiger partial charge in [0.1, 0.15) is 5.75 Å². The highest BCUT2D eigenvalue weighted by molar-refractivity contribution is 5.30. The van der Waals surface area contributed by atoms with Gasteiger partial charge in [0, 0.05) is 5.56 Å². The van der Waals surface area contributed by atoms with E-state index in [1.165, 1.54) is 0 Å². The Bertz CT molecular complexity index is 539. The first-order valence-electron chi connectivity index (χ1n) is 5.64. The molecular formula is C14H12NO4. The predicted octanol–water partition coefficient (Wildman–Crippen LogP) is 3.12. The number of nitrogens with zero attached hydrogens (tertiary/aromatic N) is 1.